The first-order chi connectivity index (χ1) is 15.2. The van der Waals surface area contributed by atoms with E-state index in [0.717, 1.165) is 36.8 Å². The predicted molar refractivity (Wildman–Crippen MR) is 141 cm³/mol. The third kappa shape index (κ3) is 6.07. The summed E-state index contributed by atoms with van der Waals surface area (Å²) < 4.78 is 13.4. The molecule has 0 atom stereocenters. The van der Waals surface area contributed by atoms with Crippen molar-refractivity contribution in [3.63, 3.8) is 0 Å². The number of hydrogen-bond acceptors (Lipinski definition) is 1. The van der Waals surface area contributed by atoms with E-state index in [4.69, 9.17) is 0 Å². The first-order valence-corrected chi connectivity index (χ1v) is 13.7. The molecule has 0 aliphatic carbocycles. The molecule has 4 heteroatoms. The van der Waals surface area contributed by atoms with Crippen LogP contribution < -0.4 is 0 Å². The third-order valence-electron chi connectivity index (χ3n) is 6.62. The molecule has 0 saturated carbocycles. The van der Waals surface area contributed by atoms with Crippen LogP contribution in [0.2, 0.25) is 0 Å². The van der Waals surface area contributed by atoms with Gasteiger partial charge in [-0.05, 0) is 45.9 Å². The van der Waals surface area contributed by atoms with Crippen LogP contribution in [-0.4, -0.2) is 9.79 Å². The molecule has 2 N–H and O–H groups in total. The summed E-state index contributed by atoms with van der Waals surface area (Å²) in [5.41, 5.74) is 3.95. The maximum Gasteiger partial charge on any atom is 0.344 e. The summed E-state index contributed by atoms with van der Waals surface area (Å²) in [6.07, 6.45) is 4.69. The molecule has 0 spiro atoms. The van der Waals surface area contributed by atoms with E-state index in [9.17, 15) is 14.4 Å². The van der Waals surface area contributed by atoms with Crippen molar-refractivity contribution in [2.75, 3.05) is 0 Å². The summed E-state index contributed by atoms with van der Waals surface area (Å²) in [6, 6.07) is 15.5. The van der Waals surface area contributed by atoms with Crippen LogP contribution in [0, 0.1) is 0 Å². The van der Waals surface area contributed by atoms with Crippen LogP contribution in [0.25, 0.3) is 0 Å². The van der Waals surface area contributed by atoms with Crippen molar-refractivity contribution in [3.8, 4) is 0 Å². The zero-order valence-electron chi connectivity index (χ0n) is 21.6. The number of allylic oxidation sites excluding steroid dienone is 1. The second-order valence-electron chi connectivity index (χ2n) is 11.3. The molecule has 3 nitrogen and oxygen atoms in total. The highest BCUT2D eigenvalue weighted by atomic mass is 31.2. The largest absolute Gasteiger partial charge is 0.344 e. The first-order valence-electron chi connectivity index (χ1n) is 12.1. The van der Waals surface area contributed by atoms with E-state index < -0.39 is 12.8 Å². The lowest BCUT2D eigenvalue weighted by Gasteiger charge is -2.38. The van der Waals surface area contributed by atoms with E-state index in [0.29, 0.717) is 23.1 Å². The molecule has 0 radical (unpaired) electrons. The molecule has 182 valence electrons. The zero-order valence-corrected chi connectivity index (χ0v) is 22.5. The van der Waals surface area contributed by atoms with Crippen LogP contribution in [0.3, 0.4) is 0 Å². The molecule has 2 aromatic rings. The van der Waals surface area contributed by atoms with Gasteiger partial charge in [-0.2, -0.15) is 0 Å². The average molecular weight is 471 g/mol. The lowest BCUT2D eigenvalue weighted by molar-refractivity contribution is 0.346. The molecule has 2 aromatic carbocycles. The summed E-state index contributed by atoms with van der Waals surface area (Å²) in [5, 5.41) is -1.56. The molecule has 0 aromatic heterocycles. The van der Waals surface area contributed by atoms with Crippen LogP contribution >= 0.6 is 7.60 Å². The first kappa shape index (κ1) is 27.6. The van der Waals surface area contributed by atoms with Crippen molar-refractivity contribution in [3.05, 3.63) is 82.9 Å². The molecule has 0 fully saturated rings. The summed E-state index contributed by atoms with van der Waals surface area (Å²) >= 11 is 0. The monoisotopic (exact) mass is 470 g/mol. The molecular weight excluding hydrogens is 427 g/mol. The predicted octanol–water partition coefficient (Wildman–Crippen LogP) is 8.23. The molecule has 0 aliphatic heterocycles. The lowest BCUT2D eigenvalue weighted by Crippen LogP contribution is -2.30. The molecule has 2 rings (SSSR count). The highest BCUT2D eigenvalue weighted by Crippen LogP contribution is 2.65. The van der Waals surface area contributed by atoms with E-state index in [2.05, 4.69) is 55.0 Å². The van der Waals surface area contributed by atoms with Crippen molar-refractivity contribution in [2.24, 2.45) is 0 Å². The molecule has 0 heterocycles. The van der Waals surface area contributed by atoms with Crippen molar-refractivity contribution in [1.82, 2.24) is 0 Å². The Morgan fingerprint density at radius 1 is 0.727 bits per heavy atom. The van der Waals surface area contributed by atoms with Crippen LogP contribution in [-0.2, 0) is 20.6 Å². The van der Waals surface area contributed by atoms with Gasteiger partial charge in [-0.3, -0.25) is 4.57 Å². The Bertz CT molecular complexity index is 910. The minimum absolute atomic E-state index is 0.0468. The number of rotatable bonds is 9. The fourth-order valence-corrected chi connectivity index (χ4v) is 5.98. The van der Waals surface area contributed by atoms with Crippen molar-refractivity contribution in [1.29, 1.82) is 0 Å². The topological polar surface area (TPSA) is 57.5 Å². The average Bonchev–Trinajstić information content (AvgIpc) is 2.70. The Morgan fingerprint density at radius 2 is 1.09 bits per heavy atom. The summed E-state index contributed by atoms with van der Waals surface area (Å²) in [6.45, 7) is 19.3. The van der Waals surface area contributed by atoms with Gasteiger partial charge in [0.1, 0.15) is 5.16 Å². The Hall–Kier alpha value is -1.67. The van der Waals surface area contributed by atoms with Crippen molar-refractivity contribution in [2.45, 2.75) is 96.6 Å². The van der Waals surface area contributed by atoms with Gasteiger partial charge in [0.05, 0.1) is 0 Å². The van der Waals surface area contributed by atoms with Crippen LogP contribution in [0.1, 0.15) is 103 Å². The molecule has 0 saturated heterocycles. The fourth-order valence-electron chi connectivity index (χ4n) is 4.49. The quantitative estimate of drug-likeness (QED) is 0.220. The maximum atomic E-state index is 13.4. The summed E-state index contributed by atoms with van der Waals surface area (Å²) in [4.78, 5) is 21.8. The van der Waals surface area contributed by atoms with Crippen molar-refractivity contribution < 1.29 is 14.4 Å². The van der Waals surface area contributed by atoms with Crippen molar-refractivity contribution >= 4 is 7.60 Å². The normalized spacial score (nSPS) is 13.2. The Labute approximate surface area is 201 Å². The molecule has 0 aliphatic rings. The highest BCUT2D eigenvalue weighted by molar-refractivity contribution is 7.53. The third-order valence-corrected chi connectivity index (χ3v) is 8.32. The highest BCUT2D eigenvalue weighted by Gasteiger charge is 2.51. The van der Waals surface area contributed by atoms with E-state index in [1.165, 1.54) is 0 Å². The Morgan fingerprint density at radius 3 is 1.39 bits per heavy atom. The van der Waals surface area contributed by atoms with Gasteiger partial charge >= 0.3 is 7.60 Å². The Balaban J connectivity index is 2.71. The molecule has 0 unspecified atom stereocenters. The SMILES string of the molecule is C=C(CCCCCC)C(c1ccc(C(C)(C)C)cc1)(c1ccc(C(C)(C)C)cc1)P(=O)(O)O. The van der Waals surface area contributed by atoms with Gasteiger partial charge in [-0.25, -0.2) is 0 Å². The number of hydrogen-bond donors (Lipinski definition) is 2. The number of unbranched alkanes of at least 4 members (excludes halogenated alkanes) is 3. The molecular formula is C29H43O3P. The molecule has 0 bridgehead atoms. The van der Waals surface area contributed by atoms with E-state index in [1.807, 2.05) is 48.5 Å². The van der Waals surface area contributed by atoms with E-state index in [-0.39, 0.29) is 10.8 Å². The van der Waals surface area contributed by atoms with Gasteiger partial charge < -0.3 is 9.79 Å². The van der Waals surface area contributed by atoms with Crippen LogP contribution in [0.4, 0.5) is 0 Å². The maximum absolute atomic E-state index is 13.4. The van der Waals surface area contributed by atoms with Gasteiger partial charge in [0.2, 0.25) is 0 Å². The van der Waals surface area contributed by atoms with Gasteiger partial charge in [0, 0.05) is 0 Å². The minimum atomic E-state index is -4.67. The fraction of sp³-hybridized carbons (Fsp3) is 0.517. The lowest BCUT2D eigenvalue weighted by atomic mass is 9.79. The standard InChI is InChI=1S/C29H43O3P/c1-9-10-11-12-13-22(2)29(33(30,31)32,25-18-14-23(15-19-25)27(3,4)5)26-20-16-24(17-21-26)28(6,7)8/h14-21H,2,9-13H2,1,3-8H3,(H2,30,31,32). The van der Waals surface area contributed by atoms with Gasteiger partial charge in [-0.1, -0.05) is 128 Å². The van der Waals surface area contributed by atoms with Crippen LogP contribution in [0.15, 0.2) is 60.7 Å². The zero-order chi connectivity index (χ0) is 25.1. The minimum Gasteiger partial charge on any atom is -0.323 e. The molecule has 0 amide bonds. The Kier molecular flexibility index (Phi) is 8.61. The second-order valence-corrected chi connectivity index (χ2v) is 13.1. The summed E-state index contributed by atoms with van der Waals surface area (Å²) in [7, 11) is -4.67. The summed E-state index contributed by atoms with van der Waals surface area (Å²) in [5.74, 6) is 0. The number of benzene rings is 2. The molecule has 33 heavy (non-hydrogen) atoms. The second kappa shape index (κ2) is 10.3. The van der Waals surface area contributed by atoms with E-state index >= 15 is 0 Å². The van der Waals surface area contributed by atoms with Gasteiger partial charge in [0.25, 0.3) is 0 Å². The smallest absolute Gasteiger partial charge is 0.323 e. The van der Waals surface area contributed by atoms with Crippen LogP contribution in [0.5, 0.6) is 0 Å². The van der Waals surface area contributed by atoms with E-state index in [1.54, 1.807) is 0 Å². The van der Waals surface area contributed by atoms with Gasteiger partial charge in [-0.15, -0.1) is 0 Å². The van der Waals surface area contributed by atoms with Gasteiger partial charge in [0.15, 0.2) is 0 Å².